The molecular formula is C11H16O2. The average Bonchev–Trinajstić information content (AvgIpc) is 2.13. The summed E-state index contributed by atoms with van der Waals surface area (Å²) in [7, 11) is 0. The van der Waals surface area contributed by atoms with E-state index >= 15 is 0 Å². The molecule has 0 aliphatic heterocycles. The predicted octanol–water partition coefficient (Wildman–Crippen LogP) is 2.53. The van der Waals surface area contributed by atoms with Crippen molar-refractivity contribution in [1.82, 2.24) is 0 Å². The van der Waals surface area contributed by atoms with Gasteiger partial charge in [0.05, 0.1) is 0 Å². The quantitative estimate of drug-likeness (QED) is 0.686. The van der Waals surface area contributed by atoms with Crippen molar-refractivity contribution in [2.45, 2.75) is 33.6 Å². The van der Waals surface area contributed by atoms with E-state index in [0.29, 0.717) is 0 Å². The zero-order valence-electron chi connectivity index (χ0n) is 8.39. The third kappa shape index (κ3) is 1.62. The van der Waals surface area contributed by atoms with Gasteiger partial charge in [0.15, 0.2) is 11.5 Å². The minimum atomic E-state index is -0.00782. The Labute approximate surface area is 78.8 Å². The molecule has 0 aliphatic carbocycles. The van der Waals surface area contributed by atoms with E-state index in [9.17, 15) is 10.2 Å². The Balaban J connectivity index is 3.39. The second kappa shape index (κ2) is 3.69. The van der Waals surface area contributed by atoms with Crippen LogP contribution >= 0.6 is 0 Å². The Morgan fingerprint density at radius 3 is 2.23 bits per heavy atom. The molecule has 0 saturated heterocycles. The molecule has 2 heteroatoms. The van der Waals surface area contributed by atoms with Crippen molar-refractivity contribution >= 4 is 0 Å². The van der Waals surface area contributed by atoms with Gasteiger partial charge in [-0.15, -0.1) is 0 Å². The van der Waals surface area contributed by atoms with Gasteiger partial charge in [0, 0.05) is 0 Å². The summed E-state index contributed by atoms with van der Waals surface area (Å²) in [6.45, 7) is 5.94. The van der Waals surface area contributed by atoms with Gasteiger partial charge < -0.3 is 10.2 Å². The van der Waals surface area contributed by atoms with Crippen molar-refractivity contribution < 1.29 is 10.2 Å². The zero-order valence-corrected chi connectivity index (χ0v) is 8.39. The van der Waals surface area contributed by atoms with E-state index in [-0.39, 0.29) is 11.5 Å². The van der Waals surface area contributed by atoms with Crippen LogP contribution in [0.15, 0.2) is 6.07 Å². The summed E-state index contributed by atoms with van der Waals surface area (Å²) in [5.41, 5.74) is 3.08. The van der Waals surface area contributed by atoms with Gasteiger partial charge in [0.2, 0.25) is 0 Å². The minimum absolute atomic E-state index is 0.00782. The fraction of sp³-hybridized carbons (Fsp3) is 0.455. The molecule has 1 rings (SSSR count). The smallest absolute Gasteiger partial charge is 0.160 e. The Morgan fingerprint density at radius 1 is 1.15 bits per heavy atom. The van der Waals surface area contributed by atoms with Gasteiger partial charge in [0.1, 0.15) is 0 Å². The van der Waals surface area contributed by atoms with Crippen LogP contribution in [0.1, 0.15) is 30.5 Å². The molecule has 0 spiro atoms. The molecule has 0 radical (unpaired) electrons. The van der Waals surface area contributed by atoms with Gasteiger partial charge in [-0.25, -0.2) is 0 Å². The Morgan fingerprint density at radius 2 is 1.77 bits per heavy atom. The highest BCUT2D eigenvalue weighted by molar-refractivity contribution is 5.52. The van der Waals surface area contributed by atoms with Crippen LogP contribution in [-0.4, -0.2) is 10.2 Å². The lowest BCUT2D eigenvalue weighted by Crippen LogP contribution is -1.95. The molecule has 0 aliphatic rings. The number of benzene rings is 1. The SMILES string of the molecule is CCc1cc(O)c(O)c(C)c1CC. The maximum atomic E-state index is 9.49. The maximum Gasteiger partial charge on any atom is 0.160 e. The van der Waals surface area contributed by atoms with E-state index in [0.717, 1.165) is 29.5 Å². The Kier molecular flexibility index (Phi) is 2.81. The monoisotopic (exact) mass is 180 g/mol. The molecule has 13 heavy (non-hydrogen) atoms. The second-order valence-electron chi connectivity index (χ2n) is 3.21. The number of phenolic OH excluding ortho intramolecular Hbond substituents is 2. The van der Waals surface area contributed by atoms with Crippen LogP contribution in [0.25, 0.3) is 0 Å². The molecule has 0 saturated carbocycles. The Bertz CT molecular complexity index is 316. The first-order chi connectivity index (χ1) is 6.11. The number of aromatic hydroxyl groups is 2. The first-order valence-electron chi connectivity index (χ1n) is 4.65. The van der Waals surface area contributed by atoms with E-state index in [4.69, 9.17) is 0 Å². The summed E-state index contributed by atoms with van der Waals surface area (Å²) < 4.78 is 0. The first kappa shape index (κ1) is 9.90. The number of rotatable bonds is 2. The van der Waals surface area contributed by atoms with Crippen molar-refractivity contribution in [3.8, 4) is 11.5 Å². The molecule has 1 aromatic rings. The first-order valence-corrected chi connectivity index (χ1v) is 4.65. The predicted molar refractivity (Wildman–Crippen MR) is 53.3 cm³/mol. The summed E-state index contributed by atoms with van der Waals surface area (Å²) in [6.07, 6.45) is 1.78. The highest BCUT2D eigenvalue weighted by Crippen LogP contribution is 2.33. The topological polar surface area (TPSA) is 40.5 Å². The fourth-order valence-electron chi connectivity index (χ4n) is 1.70. The molecule has 1 aromatic carbocycles. The number of hydrogen-bond acceptors (Lipinski definition) is 2. The summed E-state index contributed by atoms with van der Waals surface area (Å²) >= 11 is 0. The summed E-state index contributed by atoms with van der Waals surface area (Å²) in [5, 5.41) is 18.9. The molecule has 0 unspecified atom stereocenters. The standard InChI is InChI=1S/C11H16O2/c1-4-8-6-10(12)11(13)7(3)9(8)5-2/h6,12-13H,4-5H2,1-3H3. The van der Waals surface area contributed by atoms with Gasteiger partial charge in [0.25, 0.3) is 0 Å². The van der Waals surface area contributed by atoms with Gasteiger partial charge >= 0.3 is 0 Å². The van der Waals surface area contributed by atoms with Crippen LogP contribution in [0.5, 0.6) is 11.5 Å². The molecule has 0 amide bonds. The summed E-state index contributed by atoms with van der Waals surface area (Å²) in [4.78, 5) is 0. The van der Waals surface area contributed by atoms with Crippen LogP contribution in [-0.2, 0) is 12.8 Å². The molecule has 2 nitrogen and oxygen atoms in total. The van der Waals surface area contributed by atoms with E-state index in [2.05, 4.69) is 6.92 Å². The van der Waals surface area contributed by atoms with Crippen LogP contribution in [0, 0.1) is 6.92 Å². The van der Waals surface area contributed by atoms with E-state index < -0.39 is 0 Å². The number of hydrogen-bond donors (Lipinski definition) is 2. The third-order valence-corrected chi connectivity index (χ3v) is 2.48. The third-order valence-electron chi connectivity index (χ3n) is 2.48. The number of aryl methyl sites for hydroxylation is 1. The lowest BCUT2D eigenvalue weighted by molar-refractivity contribution is 0.399. The van der Waals surface area contributed by atoms with Crippen LogP contribution in [0.4, 0.5) is 0 Å². The lowest BCUT2D eigenvalue weighted by Gasteiger charge is -2.12. The molecule has 0 fully saturated rings. The molecule has 0 aromatic heterocycles. The summed E-state index contributed by atoms with van der Waals surface area (Å²) in [5.74, 6) is 0.0144. The van der Waals surface area contributed by atoms with Crippen molar-refractivity contribution in [2.75, 3.05) is 0 Å². The van der Waals surface area contributed by atoms with Crippen molar-refractivity contribution in [2.24, 2.45) is 0 Å². The van der Waals surface area contributed by atoms with Gasteiger partial charge in [-0.1, -0.05) is 13.8 Å². The van der Waals surface area contributed by atoms with E-state index in [1.54, 1.807) is 6.07 Å². The normalized spacial score (nSPS) is 10.4. The van der Waals surface area contributed by atoms with Gasteiger partial charge in [-0.05, 0) is 42.5 Å². The molecule has 2 N–H and O–H groups in total. The molecule has 72 valence electrons. The highest BCUT2D eigenvalue weighted by atomic mass is 16.3. The van der Waals surface area contributed by atoms with Gasteiger partial charge in [-0.2, -0.15) is 0 Å². The molecule has 0 heterocycles. The van der Waals surface area contributed by atoms with Gasteiger partial charge in [-0.3, -0.25) is 0 Å². The van der Waals surface area contributed by atoms with E-state index in [1.807, 2.05) is 13.8 Å². The summed E-state index contributed by atoms with van der Waals surface area (Å²) in [6, 6.07) is 1.65. The van der Waals surface area contributed by atoms with Crippen LogP contribution in [0.2, 0.25) is 0 Å². The lowest BCUT2D eigenvalue weighted by atomic mass is 9.96. The van der Waals surface area contributed by atoms with Crippen molar-refractivity contribution in [3.63, 3.8) is 0 Å². The second-order valence-corrected chi connectivity index (χ2v) is 3.21. The fourth-order valence-corrected chi connectivity index (χ4v) is 1.70. The average molecular weight is 180 g/mol. The van der Waals surface area contributed by atoms with E-state index in [1.165, 1.54) is 0 Å². The van der Waals surface area contributed by atoms with Crippen molar-refractivity contribution in [3.05, 3.63) is 22.8 Å². The maximum absolute atomic E-state index is 9.49. The van der Waals surface area contributed by atoms with Crippen LogP contribution < -0.4 is 0 Å². The minimum Gasteiger partial charge on any atom is -0.504 e. The highest BCUT2D eigenvalue weighted by Gasteiger charge is 2.11. The Hall–Kier alpha value is -1.18. The van der Waals surface area contributed by atoms with Crippen molar-refractivity contribution in [1.29, 1.82) is 0 Å². The molecular weight excluding hydrogens is 164 g/mol. The number of phenols is 2. The van der Waals surface area contributed by atoms with Crippen LogP contribution in [0.3, 0.4) is 0 Å². The molecule has 0 bridgehead atoms. The largest absolute Gasteiger partial charge is 0.504 e. The molecule has 0 atom stereocenters. The zero-order chi connectivity index (χ0) is 10.0.